The lowest BCUT2D eigenvalue weighted by atomic mass is 10.1. The molecule has 2 aromatic rings. The molecule has 0 fully saturated rings. The monoisotopic (exact) mass is 361 g/mol. The molecule has 136 valence electrons. The van der Waals surface area contributed by atoms with E-state index in [-0.39, 0.29) is 28.4 Å². The van der Waals surface area contributed by atoms with Crippen molar-refractivity contribution in [1.29, 1.82) is 0 Å². The van der Waals surface area contributed by atoms with Crippen LogP contribution in [-0.2, 0) is 0 Å². The van der Waals surface area contributed by atoms with Crippen molar-refractivity contribution in [2.75, 3.05) is 14.2 Å². The van der Waals surface area contributed by atoms with Crippen molar-refractivity contribution < 1.29 is 29.1 Å². The molecule has 0 unspecified atom stereocenters. The summed E-state index contributed by atoms with van der Waals surface area (Å²) in [6.07, 6.45) is 0. The Morgan fingerprint density at radius 1 is 1.00 bits per heavy atom. The number of aromatic hydroxyl groups is 1. The number of carbonyl (C=O) groups excluding carboxylic acids is 2. The van der Waals surface area contributed by atoms with Crippen LogP contribution in [0.2, 0.25) is 0 Å². The van der Waals surface area contributed by atoms with Gasteiger partial charge in [0.2, 0.25) is 0 Å². The molecule has 0 aliphatic heterocycles. The number of hydrogen-bond donors (Lipinski definition) is 3. The van der Waals surface area contributed by atoms with E-state index in [0.29, 0.717) is 0 Å². The normalized spacial score (nSPS) is 9.92. The lowest BCUT2D eigenvalue weighted by molar-refractivity contribution is -0.385. The highest BCUT2D eigenvalue weighted by Crippen LogP contribution is 2.34. The Balaban J connectivity index is 2.21. The minimum absolute atomic E-state index is 0.0217. The van der Waals surface area contributed by atoms with Crippen molar-refractivity contribution >= 4 is 17.5 Å². The highest BCUT2D eigenvalue weighted by Gasteiger charge is 2.25. The Kier molecular flexibility index (Phi) is 5.58. The van der Waals surface area contributed by atoms with Gasteiger partial charge in [-0.1, -0.05) is 0 Å². The van der Waals surface area contributed by atoms with Crippen molar-refractivity contribution in [1.82, 2.24) is 10.9 Å². The molecule has 2 rings (SSSR count). The summed E-state index contributed by atoms with van der Waals surface area (Å²) < 4.78 is 10.0. The van der Waals surface area contributed by atoms with Crippen LogP contribution in [-0.4, -0.2) is 36.1 Å². The molecule has 0 aromatic heterocycles. The molecule has 10 nitrogen and oxygen atoms in total. The summed E-state index contributed by atoms with van der Waals surface area (Å²) in [4.78, 5) is 34.7. The van der Waals surface area contributed by atoms with Gasteiger partial charge in [0.05, 0.1) is 25.2 Å². The molecule has 0 radical (unpaired) electrons. The van der Waals surface area contributed by atoms with Crippen LogP contribution in [0.4, 0.5) is 5.69 Å². The SMILES string of the molecule is COc1cc(C(=O)NNC(=O)c2ccc(O)cc2)c([N+](=O)[O-])cc1OC. The van der Waals surface area contributed by atoms with E-state index >= 15 is 0 Å². The number of nitro benzene ring substituents is 1. The third-order valence-electron chi connectivity index (χ3n) is 3.36. The molecule has 0 saturated heterocycles. The van der Waals surface area contributed by atoms with E-state index in [1.165, 1.54) is 38.5 Å². The third-order valence-corrected chi connectivity index (χ3v) is 3.36. The molecule has 10 heteroatoms. The minimum atomic E-state index is -0.912. The number of nitrogens with one attached hydrogen (secondary N) is 2. The van der Waals surface area contributed by atoms with Crippen molar-refractivity contribution in [3.05, 3.63) is 57.6 Å². The number of benzene rings is 2. The second-order valence-corrected chi connectivity index (χ2v) is 4.94. The second kappa shape index (κ2) is 7.83. The summed E-state index contributed by atoms with van der Waals surface area (Å²) in [6, 6.07) is 7.48. The Hall–Kier alpha value is -3.82. The number of nitro groups is 1. The zero-order valence-electron chi connectivity index (χ0n) is 13.8. The number of phenolic OH excluding ortho intramolecular Hbond substituents is 1. The van der Waals surface area contributed by atoms with Gasteiger partial charge in [-0.05, 0) is 24.3 Å². The van der Waals surface area contributed by atoms with Crippen molar-refractivity contribution in [3.63, 3.8) is 0 Å². The number of hydrazine groups is 1. The molecular formula is C16H15N3O7. The summed E-state index contributed by atoms with van der Waals surface area (Å²) in [5, 5.41) is 20.4. The first kappa shape index (κ1) is 18.5. The molecule has 2 aromatic carbocycles. The number of methoxy groups -OCH3 is 2. The average molecular weight is 361 g/mol. The Morgan fingerprint density at radius 3 is 2.08 bits per heavy atom. The zero-order valence-corrected chi connectivity index (χ0v) is 13.8. The second-order valence-electron chi connectivity index (χ2n) is 4.94. The third kappa shape index (κ3) is 3.98. The first-order valence-corrected chi connectivity index (χ1v) is 7.17. The van der Waals surface area contributed by atoms with E-state index in [4.69, 9.17) is 9.47 Å². The quantitative estimate of drug-likeness (QED) is 0.540. The highest BCUT2D eigenvalue weighted by molar-refractivity contribution is 6.01. The van der Waals surface area contributed by atoms with E-state index in [9.17, 15) is 24.8 Å². The number of phenols is 1. The van der Waals surface area contributed by atoms with Gasteiger partial charge in [-0.2, -0.15) is 0 Å². The van der Waals surface area contributed by atoms with Gasteiger partial charge < -0.3 is 14.6 Å². The maximum atomic E-state index is 12.3. The van der Waals surface area contributed by atoms with E-state index in [1.807, 2.05) is 0 Å². The average Bonchev–Trinajstić information content (AvgIpc) is 2.65. The largest absolute Gasteiger partial charge is 0.508 e. The molecule has 0 heterocycles. The standard InChI is InChI=1S/C16H15N3O7/c1-25-13-7-11(12(19(23)24)8-14(13)26-2)16(22)18-17-15(21)9-3-5-10(20)6-4-9/h3-8,20H,1-2H3,(H,17,21)(H,18,22). The van der Waals surface area contributed by atoms with Gasteiger partial charge in [-0.15, -0.1) is 0 Å². The van der Waals surface area contributed by atoms with Crippen LogP contribution in [0.1, 0.15) is 20.7 Å². The van der Waals surface area contributed by atoms with Gasteiger partial charge in [0.1, 0.15) is 11.3 Å². The fraction of sp³-hybridized carbons (Fsp3) is 0.125. The van der Waals surface area contributed by atoms with Crippen LogP contribution in [0.5, 0.6) is 17.2 Å². The Morgan fingerprint density at radius 2 is 1.54 bits per heavy atom. The molecule has 0 bridgehead atoms. The van der Waals surface area contributed by atoms with Crippen molar-refractivity contribution in [3.8, 4) is 17.2 Å². The van der Waals surface area contributed by atoms with Gasteiger partial charge in [-0.3, -0.25) is 30.6 Å². The Bertz CT molecular complexity index is 850. The van der Waals surface area contributed by atoms with Crippen LogP contribution >= 0.6 is 0 Å². The molecular weight excluding hydrogens is 346 g/mol. The van der Waals surface area contributed by atoms with Crippen LogP contribution in [0.3, 0.4) is 0 Å². The van der Waals surface area contributed by atoms with Gasteiger partial charge in [0.15, 0.2) is 11.5 Å². The van der Waals surface area contributed by atoms with Gasteiger partial charge in [-0.25, -0.2) is 0 Å². The van der Waals surface area contributed by atoms with Gasteiger partial charge in [0.25, 0.3) is 17.5 Å². The van der Waals surface area contributed by atoms with Crippen LogP contribution in [0.15, 0.2) is 36.4 Å². The molecule has 2 amide bonds. The Labute approximate surface area is 147 Å². The van der Waals surface area contributed by atoms with E-state index in [1.54, 1.807) is 0 Å². The summed E-state index contributed by atoms with van der Waals surface area (Å²) in [7, 11) is 2.62. The number of ether oxygens (including phenoxy) is 2. The van der Waals surface area contributed by atoms with Gasteiger partial charge in [0, 0.05) is 11.6 Å². The van der Waals surface area contributed by atoms with Crippen molar-refractivity contribution in [2.24, 2.45) is 0 Å². The molecule has 0 atom stereocenters. The van der Waals surface area contributed by atoms with Crippen LogP contribution < -0.4 is 20.3 Å². The first-order valence-electron chi connectivity index (χ1n) is 7.17. The number of rotatable bonds is 5. The molecule has 26 heavy (non-hydrogen) atoms. The summed E-state index contributed by atoms with van der Waals surface area (Å²) >= 11 is 0. The minimum Gasteiger partial charge on any atom is -0.508 e. The van der Waals surface area contributed by atoms with E-state index in [2.05, 4.69) is 10.9 Å². The lowest BCUT2D eigenvalue weighted by Crippen LogP contribution is -2.41. The summed E-state index contributed by atoms with van der Waals surface area (Å²) in [6.45, 7) is 0. The van der Waals surface area contributed by atoms with E-state index in [0.717, 1.165) is 12.1 Å². The number of nitrogens with zero attached hydrogens (tertiary/aromatic N) is 1. The topological polar surface area (TPSA) is 140 Å². The zero-order chi connectivity index (χ0) is 19.3. The van der Waals surface area contributed by atoms with Gasteiger partial charge >= 0.3 is 0 Å². The lowest BCUT2D eigenvalue weighted by Gasteiger charge is -2.11. The summed E-state index contributed by atoms with van der Waals surface area (Å²) in [5.74, 6) is -1.39. The maximum Gasteiger partial charge on any atom is 0.286 e. The molecule has 0 aliphatic rings. The number of amides is 2. The van der Waals surface area contributed by atoms with Crippen molar-refractivity contribution in [2.45, 2.75) is 0 Å². The fourth-order valence-corrected chi connectivity index (χ4v) is 2.07. The molecule has 0 spiro atoms. The predicted octanol–water partition coefficient (Wildman–Crippen LogP) is 1.39. The summed E-state index contributed by atoms with van der Waals surface area (Å²) in [5.41, 5.74) is 3.56. The highest BCUT2D eigenvalue weighted by atomic mass is 16.6. The van der Waals surface area contributed by atoms with Crippen LogP contribution in [0, 0.1) is 10.1 Å². The number of carbonyl (C=O) groups is 2. The number of hydrogen-bond acceptors (Lipinski definition) is 7. The first-order chi connectivity index (χ1) is 12.4. The van der Waals surface area contributed by atoms with E-state index < -0.39 is 22.4 Å². The predicted molar refractivity (Wildman–Crippen MR) is 89.2 cm³/mol. The smallest absolute Gasteiger partial charge is 0.286 e. The fourth-order valence-electron chi connectivity index (χ4n) is 2.07. The maximum absolute atomic E-state index is 12.3. The molecule has 0 saturated carbocycles. The van der Waals surface area contributed by atoms with Crippen LogP contribution in [0.25, 0.3) is 0 Å². The molecule has 3 N–H and O–H groups in total. The molecule has 0 aliphatic carbocycles.